The van der Waals surface area contributed by atoms with Crippen molar-refractivity contribution in [2.45, 2.75) is 56.5 Å². The van der Waals surface area contributed by atoms with E-state index in [4.69, 9.17) is 0 Å². The first-order valence-corrected chi connectivity index (χ1v) is 8.65. The van der Waals surface area contributed by atoms with Crippen molar-refractivity contribution < 1.29 is 19.8 Å². The van der Waals surface area contributed by atoms with E-state index in [0.717, 1.165) is 25.7 Å². The number of carbonyl (C=O) groups excluding carboxylic acids is 1. The molecule has 1 saturated carbocycles. The van der Waals surface area contributed by atoms with Crippen molar-refractivity contribution in [3.05, 3.63) is 0 Å². The first kappa shape index (κ1) is 16.4. The lowest BCUT2D eigenvalue weighted by Gasteiger charge is -2.38. The molecular formula is C14H24N2O4S. The smallest absolute Gasteiger partial charge is 0.327 e. The van der Waals surface area contributed by atoms with E-state index in [1.807, 2.05) is 6.92 Å². The molecule has 0 bridgehead atoms. The Morgan fingerprint density at radius 1 is 1.29 bits per heavy atom. The van der Waals surface area contributed by atoms with Gasteiger partial charge in [-0.1, -0.05) is 19.3 Å². The average Bonchev–Trinajstić information content (AvgIpc) is 2.87. The topological polar surface area (TPSA) is 81.1 Å². The molecule has 0 aromatic heterocycles. The molecule has 2 N–H and O–H groups in total. The number of aliphatic carboxylic acids is 1. The highest BCUT2D eigenvalue weighted by molar-refractivity contribution is 8.00. The van der Waals surface area contributed by atoms with Crippen molar-refractivity contribution in [3.8, 4) is 0 Å². The second kappa shape index (κ2) is 7.35. The number of nitrogens with zero attached hydrogens (tertiary/aromatic N) is 2. The Bertz CT molecular complexity index is 387. The second-order valence-corrected chi connectivity index (χ2v) is 7.03. The van der Waals surface area contributed by atoms with Crippen LogP contribution in [0.4, 0.5) is 4.79 Å². The number of carbonyl (C=O) groups is 2. The predicted octanol–water partition coefficient (Wildman–Crippen LogP) is 1.58. The molecule has 1 aliphatic carbocycles. The molecule has 0 spiro atoms. The number of amides is 2. The molecule has 1 aliphatic heterocycles. The zero-order valence-corrected chi connectivity index (χ0v) is 13.2. The van der Waals surface area contributed by atoms with Gasteiger partial charge in [-0.3, -0.25) is 4.90 Å². The summed E-state index contributed by atoms with van der Waals surface area (Å²) in [7, 11) is 0. The Labute approximate surface area is 129 Å². The fourth-order valence-electron chi connectivity index (χ4n) is 3.21. The molecule has 1 saturated heterocycles. The van der Waals surface area contributed by atoms with Gasteiger partial charge in [0.25, 0.3) is 0 Å². The molecule has 0 radical (unpaired) electrons. The third-order valence-corrected chi connectivity index (χ3v) is 5.55. The van der Waals surface area contributed by atoms with Crippen molar-refractivity contribution >= 4 is 23.8 Å². The number of carboxylic acid groups (broad SMARTS) is 1. The van der Waals surface area contributed by atoms with Crippen LogP contribution < -0.4 is 0 Å². The van der Waals surface area contributed by atoms with Crippen molar-refractivity contribution in [3.63, 3.8) is 0 Å². The number of carboxylic acids is 1. The Morgan fingerprint density at radius 2 is 1.95 bits per heavy atom. The lowest BCUT2D eigenvalue weighted by molar-refractivity contribution is -0.141. The molecule has 6 nitrogen and oxygen atoms in total. The van der Waals surface area contributed by atoms with Crippen molar-refractivity contribution in [1.29, 1.82) is 0 Å². The summed E-state index contributed by atoms with van der Waals surface area (Å²) in [6.07, 6.45) is 5.25. The summed E-state index contributed by atoms with van der Waals surface area (Å²) in [6.45, 7) is 2.06. The maximum absolute atomic E-state index is 12.8. The van der Waals surface area contributed by atoms with Crippen LogP contribution in [0.3, 0.4) is 0 Å². The zero-order valence-electron chi connectivity index (χ0n) is 12.4. The van der Waals surface area contributed by atoms with Gasteiger partial charge in [-0.2, -0.15) is 0 Å². The van der Waals surface area contributed by atoms with E-state index >= 15 is 0 Å². The van der Waals surface area contributed by atoms with Crippen LogP contribution in [0.1, 0.15) is 39.0 Å². The standard InChI is InChI=1S/C14H24N2O4S/c1-10-16(12(9-21-10)13(18)19)14(20)15(7-8-17)11-5-3-2-4-6-11/h10-12,17H,2-9H2,1H3,(H,18,19). The van der Waals surface area contributed by atoms with Crippen molar-refractivity contribution in [2.75, 3.05) is 18.9 Å². The molecular weight excluding hydrogens is 292 g/mol. The van der Waals surface area contributed by atoms with Crippen LogP contribution in [0, 0.1) is 0 Å². The lowest BCUT2D eigenvalue weighted by atomic mass is 9.94. The third kappa shape index (κ3) is 3.63. The molecule has 21 heavy (non-hydrogen) atoms. The zero-order chi connectivity index (χ0) is 15.4. The van der Waals surface area contributed by atoms with Crippen LogP contribution in [-0.2, 0) is 4.79 Å². The number of aliphatic hydroxyl groups excluding tert-OH is 1. The summed E-state index contributed by atoms with van der Waals surface area (Å²) >= 11 is 1.49. The first-order chi connectivity index (χ1) is 10.1. The number of thioether (sulfide) groups is 1. The van der Waals surface area contributed by atoms with Gasteiger partial charge in [-0.05, 0) is 19.8 Å². The van der Waals surface area contributed by atoms with Gasteiger partial charge >= 0.3 is 12.0 Å². The van der Waals surface area contributed by atoms with E-state index in [2.05, 4.69) is 0 Å². The molecule has 7 heteroatoms. The second-order valence-electron chi connectivity index (χ2n) is 5.69. The third-order valence-electron chi connectivity index (χ3n) is 4.33. The van der Waals surface area contributed by atoms with E-state index in [1.54, 1.807) is 4.90 Å². The van der Waals surface area contributed by atoms with Crippen LogP contribution in [0.15, 0.2) is 0 Å². The monoisotopic (exact) mass is 316 g/mol. The highest BCUT2D eigenvalue weighted by Gasteiger charge is 2.42. The summed E-state index contributed by atoms with van der Waals surface area (Å²) in [5, 5.41) is 18.4. The maximum Gasteiger partial charge on any atom is 0.327 e. The maximum atomic E-state index is 12.8. The van der Waals surface area contributed by atoms with Crippen LogP contribution in [0.2, 0.25) is 0 Å². The van der Waals surface area contributed by atoms with Gasteiger partial charge in [0.05, 0.1) is 12.0 Å². The number of rotatable bonds is 4. The van der Waals surface area contributed by atoms with Gasteiger partial charge in [0, 0.05) is 18.3 Å². The predicted molar refractivity (Wildman–Crippen MR) is 81.2 cm³/mol. The number of hydrogen-bond acceptors (Lipinski definition) is 4. The van der Waals surface area contributed by atoms with E-state index in [0.29, 0.717) is 5.75 Å². The van der Waals surface area contributed by atoms with Gasteiger partial charge in [-0.25, -0.2) is 9.59 Å². The lowest BCUT2D eigenvalue weighted by Crippen LogP contribution is -2.54. The Balaban J connectivity index is 2.14. The number of urea groups is 1. The number of hydrogen-bond donors (Lipinski definition) is 2. The summed E-state index contributed by atoms with van der Waals surface area (Å²) in [5.41, 5.74) is 0. The molecule has 2 amide bonds. The molecule has 2 unspecified atom stereocenters. The van der Waals surface area contributed by atoms with Gasteiger partial charge in [0.2, 0.25) is 0 Å². The van der Waals surface area contributed by atoms with Gasteiger partial charge in [0.15, 0.2) is 0 Å². The summed E-state index contributed by atoms with van der Waals surface area (Å²) in [5.74, 6) is -0.521. The average molecular weight is 316 g/mol. The van der Waals surface area contributed by atoms with Crippen LogP contribution in [0.5, 0.6) is 0 Å². The van der Waals surface area contributed by atoms with E-state index < -0.39 is 12.0 Å². The van der Waals surface area contributed by atoms with Gasteiger partial charge in [0.1, 0.15) is 6.04 Å². The highest BCUT2D eigenvalue weighted by atomic mass is 32.2. The van der Waals surface area contributed by atoms with Crippen LogP contribution in [-0.4, -0.2) is 68.4 Å². The SMILES string of the molecule is CC1SCC(C(=O)O)N1C(=O)N(CCO)C1CCCCC1. The normalized spacial score (nSPS) is 26.9. The van der Waals surface area contributed by atoms with Crippen molar-refractivity contribution in [1.82, 2.24) is 9.80 Å². The molecule has 2 aliphatic rings. The quantitative estimate of drug-likeness (QED) is 0.823. The highest BCUT2D eigenvalue weighted by Crippen LogP contribution is 2.32. The van der Waals surface area contributed by atoms with Crippen LogP contribution >= 0.6 is 11.8 Å². The largest absolute Gasteiger partial charge is 0.480 e. The van der Waals surface area contributed by atoms with E-state index in [1.165, 1.54) is 23.1 Å². The Kier molecular flexibility index (Phi) is 5.75. The van der Waals surface area contributed by atoms with Crippen molar-refractivity contribution in [2.24, 2.45) is 0 Å². The summed E-state index contributed by atoms with van der Waals surface area (Å²) in [4.78, 5) is 27.3. The fourth-order valence-corrected chi connectivity index (χ4v) is 4.37. The summed E-state index contributed by atoms with van der Waals surface area (Å²) < 4.78 is 0. The molecule has 0 aromatic rings. The van der Waals surface area contributed by atoms with Crippen LogP contribution in [0.25, 0.3) is 0 Å². The number of aliphatic hydroxyl groups is 1. The molecule has 2 atom stereocenters. The van der Waals surface area contributed by atoms with E-state index in [-0.39, 0.29) is 30.6 Å². The van der Waals surface area contributed by atoms with Gasteiger partial charge in [-0.15, -0.1) is 11.8 Å². The van der Waals surface area contributed by atoms with E-state index in [9.17, 15) is 19.8 Å². The molecule has 2 rings (SSSR count). The molecule has 0 aromatic carbocycles. The fraction of sp³-hybridized carbons (Fsp3) is 0.857. The van der Waals surface area contributed by atoms with Gasteiger partial charge < -0.3 is 15.1 Å². The minimum atomic E-state index is -0.951. The minimum absolute atomic E-state index is 0.0880. The minimum Gasteiger partial charge on any atom is -0.480 e. The molecule has 120 valence electrons. The Morgan fingerprint density at radius 3 is 2.52 bits per heavy atom. The molecule has 1 heterocycles. The summed E-state index contributed by atoms with van der Waals surface area (Å²) in [6, 6.07) is -0.867. The molecule has 2 fully saturated rings. The first-order valence-electron chi connectivity index (χ1n) is 7.60. The Hall–Kier alpha value is -0.950.